The van der Waals surface area contributed by atoms with E-state index in [1.165, 1.54) is 30.4 Å². The van der Waals surface area contributed by atoms with Gasteiger partial charge in [-0.3, -0.25) is 9.98 Å². The lowest BCUT2D eigenvalue weighted by Crippen LogP contribution is -2.38. The van der Waals surface area contributed by atoms with Crippen molar-refractivity contribution in [1.82, 2.24) is 0 Å². The zero-order valence-electron chi connectivity index (χ0n) is 30.4. The normalized spacial score (nSPS) is 20.5. The molecule has 0 spiro atoms. The van der Waals surface area contributed by atoms with Crippen LogP contribution >= 0.6 is 0 Å². The van der Waals surface area contributed by atoms with E-state index in [9.17, 15) is 10.2 Å². The highest BCUT2D eigenvalue weighted by Gasteiger charge is 2.35. The highest BCUT2D eigenvalue weighted by molar-refractivity contribution is 5.84. The lowest BCUT2D eigenvalue weighted by atomic mass is 9.74. The number of aliphatic imine (C=N–C) groups is 2. The average Bonchev–Trinajstić information content (AvgIpc) is 3.03. The Morgan fingerprint density at radius 2 is 1.57 bits per heavy atom. The summed E-state index contributed by atoms with van der Waals surface area (Å²) in [7, 11) is 0. The highest BCUT2D eigenvalue weighted by Crippen LogP contribution is 2.37. The fourth-order valence-electron chi connectivity index (χ4n) is 6.58. The fraction of sp³-hybridized carbons (Fsp3) is 0.643. The second kappa shape index (κ2) is 21.3. The Morgan fingerprint density at radius 1 is 0.935 bits per heavy atom. The molecule has 0 saturated heterocycles. The van der Waals surface area contributed by atoms with Gasteiger partial charge in [-0.15, -0.1) is 0 Å². The van der Waals surface area contributed by atoms with Crippen LogP contribution in [0.2, 0.25) is 0 Å². The van der Waals surface area contributed by atoms with E-state index in [4.69, 9.17) is 9.98 Å². The lowest BCUT2D eigenvalue weighted by Gasteiger charge is -2.35. The molecule has 0 aliphatic heterocycles. The van der Waals surface area contributed by atoms with Crippen LogP contribution in [-0.2, 0) is 0 Å². The minimum atomic E-state index is -0.967. The van der Waals surface area contributed by atoms with Gasteiger partial charge in [0.25, 0.3) is 0 Å². The van der Waals surface area contributed by atoms with Crippen LogP contribution in [0.25, 0.3) is 0 Å². The van der Waals surface area contributed by atoms with E-state index in [0.29, 0.717) is 24.1 Å². The van der Waals surface area contributed by atoms with Crippen LogP contribution in [0.15, 0.2) is 45.4 Å². The summed E-state index contributed by atoms with van der Waals surface area (Å²) in [5.74, 6) is 1.10. The molecule has 0 saturated carbocycles. The monoisotopic (exact) mass is 632 g/mol. The van der Waals surface area contributed by atoms with E-state index >= 15 is 0 Å². The predicted octanol–water partition coefficient (Wildman–Crippen LogP) is 11.3. The molecule has 1 aromatic carbocycles. The Hall–Kier alpha value is -2.59. The number of aryl methyl sites for hydroxylation is 1. The van der Waals surface area contributed by atoms with Crippen LogP contribution in [0.3, 0.4) is 0 Å². The smallest absolute Gasteiger partial charge is 0.127 e. The number of rotatable bonds is 23. The minimum Gasteiger partial charge on any atom is -0.507 e. The first kappa shape index (κ1) is 39.6. The molecule has 0 bridgehead atoms. The number of aliphatic hydroxyl groups is 1. The summed E-state index contributed by atoms with van der Waals surface area (Å²) in [5.41, 5.74) is 4.37. The molecule has 0 fully saturated rings. The van der Waals surface area contributed by atoms with Gasteiger partial charge in [0, 0.05) is 23.9 Å². The van der Waals surface area contributed by atoms with Gasteiger partial charge in [0.15, 0.2) is 0 Å². The van der Waals surface area contributed by atoms with Gasteiger partial charge in [-0.05, 0) is 112 Å². The first-order chi connectivity index (χ1) is 22.1. The van der Waals surface area contributed by atoms with E-state index in [0.717, 1.165) is 93.7 Å². The molecule has 254 valence electrons. The van der Waals surface area contributed by atoms with Crippen molar-refractivity contribution in [2.45, 2.75) is 155 Å². The number of unbranched alkanes of at least 4 members (excludes halogenated alkanes) is 6. The molecule has 0 radical (unpaired) electrons. The Labute approximate surface area is 284 Å². The maximum absolute atomic E-state index is 11.6. The van der Waals surface area contributed by atoms with Gasteiger partial charge in [-0.1, -0.05) is 57.7 Å². The van der Waals surface area contributed by atoms with Crippen LogP contribution in [-0.4, -0.2) is 40.8 Å². The maximum Gasteiger partial charge on any atom is 0.127 e. The van der Waals surface area contributed by atoms with Gasteiger partial charge in [0.05, 0.1) is 64.6 Å². The zero-order valence-corrected chi connectivity index (χ0v) is 30.4. The summed E-state index contributed by atoms with van der Waals surface area (Å²) in [6, 6.07) is 4.33. The number of nitrogens with zero attached hydrogens (tertiary/aromatic N) is 2. The van der Waals surface area contributed by atoms with Crippen molar-refractivity contribution in [3.8, 4) is 5.75 Å². The third-order valence-corrected chi connectivity index (χ3v) is 9.95. The molecule has 4 nitrogen and oxygen atoms in total. The van der Waals surface area contributed by atoms with Crippen LogP contribution in [0.4, 0.5) is 0 Å². The molecule has 0 aromatic heterocycles. The summed E-state index contributed by atoms with van der Waals surface area (Å²) >= 11 is 0. The standard InChI is InChI=1S/C42H66N2O2/c1-9-14-19-23-35(22-17-12-4)37-26-33(7)42(8,46)39(28-37)30-44-40(24-18-13-5)31-43-29-38-27-36(25-32(6)41(38)45)34(20-15-10-2)21-16-11-3/h9,25-30,34-35,39-40,46H,2,4,10-24,31H2,1,3,5-8H3/q+2/p+1. The second-order valence-corrected chi connectivity index (χ2v) is 13.9. The molecule has 4 heteroatoms. The van der Waals surface area contributed by atoms with Gasteiger partial charge in [0.2, 0.25) is 0 Å². The maximum atomic E-state index is 11.6. The number of allylic oxidation sites excluding steroid dienone is 2. The van der Waals surface area contributed by atoms with Crippen molar-refractivity contribution < 1.29 is 10.2 Å². The molecule has 0 amide bonds. The van der Waals surface area contributed by atoms with Crippen LogP contribution in [0.5, 0.6) is 5.75 Å². The summed E-state index contributed by atoms with van der Waals surface area (Å²) in [6.07, 6.45) is 27.1. The summed E-state index contributed by atoms with van der Waals surface area (Å²) in [6.45, 7) is 21.2. The number of phenols is 1. The quantitative estimate of drug-likeness (QED) is 0.0717. The molecule has 2 rings (SSSR count). The van der Waals surface area contributed by atoms with Crippen molar-refractivity contribution >= 4 is 12.4 Å². The minimum absolute atomic E-state index is 0.0258. The Morgan fingerprint density at radius 3 is 2.22 bits per heavy atom. The number of phenolic OH excluding ortho intramolecular Hbond substituents is 1. The zero-order chi connectivity index (χ0) is 34.0. The van der Waals surface area contributed by atoms with Crippen molar-refractivity contribution in [1.29, 1.82) is 0 Å². The number of aromatic hydroxyl groups is 1. The number of hydrogen-bond donors (Lipinski definition) is 2. The molecule has 2 N–H and O–H groups in total. The molecule has 5 unspecified atom stereocenters. The number of hydrogen-bond acceptors (Lipinski definition) is 4. The lowest BCUT2D eigenvalue weighted by molar-refractivity contribution is 0.0780. The van der Waals surface area contributed by atoms with E-state index in [1.54, 1.807) is 0 Å². The molecule has 46 heavy (non-hydrogen) atoms. The van der Waals surface area contributed by atoms with E-state index in [-0.39, 0.29) is 12.0 Å². The third-order valence-electron chi connectivity index (χ3n) is 9.95. The predicted molar refractivity (Wildman–Crippen MR) is 201 cm³/mol. The first-order valence-corrected chi connectivity index (χ1v) is 18.5. The van der Waals surface area contributed by atoms with Crippen LogP contribution in [0.1, 0.15) is 154 Å². The topological polar surface area (TPSA) is 65.2 Å². The van der Waals surface area contributed by atoms with Gasteiger partial charge >= 0.3 is 0 Å². The first-order valence-electron chi connectivity index (χ1n) is 18.5. The van der Waals surface area contributed by atoms with Crippen molar-refractivity contribution in [2.75, 3.05) is 6.54 Å². The van der Waals surface area contributed by atoms with Gasteiger partial charge < -0.3 is 10.2 Å². The fourth-order valence-corrected chi connectivity index (χ4v) is 6.58. The van der Waals surface area contributed by atoms with E-state index in [2.05, 4.69) is 72.2 Å². The Bertz CT molecular complexity index is 1120. The third kappa shape index (κ3) is 12.5. The summed E-state index contributed by atoms with van der Waals surface area (Å²) in [4.78, 5) is 9.93. The van der Waals surface area contributed by atoms with E-state index in [1.807, 2.05) is 26.3 Å². The largest absolute Gasteiger partial charge is 0.507 e. The number of benzene rings is 1. The molecule has 5 atom stereocenters. The Balaban J connectivity index is 2.30. The molecular formula is C42H67N2O2+3. The second-order valence-electron chi connectivity index (χ2n) is 13.9. The van der Waals surface area contributed by atoms with Gasteiger partial charge in [-0.2, -0.15) is 0 Å². The Kier molecular flexibility index (Phi) is 18.3. The molecule has 1 aliphatic rings. The van der Waals surface area contributed by atoms with Crippen molar-refractivity contribution in [3.05, 3.63) is 72.4 Å². The van der Waals surface area contributed by atoms with E-state index < -0.39 is 5.60 Å². The van der Waals surface area contributed by atoms with Gasteiger partial charge in [-0.25, -0.2) is 0 Å². The average molecular weight is 632 g/mol. The molecular weight excluding hydrogens is 564 g/mol. The highest BCUT2D eigenvalue weighted by atomic mass is 16.3. The molecule has 0 heterocycles. The van der Waals surface area contributed by atoms with Crippen molar-refractivity contribution in [3.63, 3.8) is 0 Å². The molecule has 1 aliphatic carbocycles. The molecule has 1 aromatic rings. The van der Waals surface area contributed by atoms with Crippen LogP contribution < -0.4 is 0 Å². The summed E-state index contributed by atoms with van der Waals surface area (Å²) < 4.78 is 0. The summed E-state index contributed by atoms with van der Waals surface area (Å²) in [5, 5.41) is 22.5. The van der Waals surface area contributed by atoms with Crippen LogP contribution in [0, 0.1) is 39.0 Å². The van der Waals surface area contributed by atoms with Gasteiger partial charge in [0.1, 0.15) is 5.75 Å². The van der Waals surface area contributed by atoms with Crippen molar-refractivity contribution in [2.24, 2.45) is 21.8 Å². The SMILES string of the molecule is [CH2+]CCCC(CCC[CH+]C)C1=CC(C=NC(CCCC)CN=Cc2cc(C(CCC[CH2+])CCCC)cc(C)c2O)C(C)(O)C(C)=C1.